The minimum atomic E-state index is -1.09. The van der Waals surface area contributed by atoms with E-state index in [4.69, 9.17) is 38.8 Å². The molecule has 0 amide bonds. The molecule has 1 aromatic heterocycles. The number of rotatable bonds is 8. The van der Waals surface area contributed by atoms with Gasteiger partial charge in [0.1, 0.15) is 12.6 Å². The van der Waals surface area contributed by atoms with Crippen molar-refractivity contribution in [2.45, 2.75) is 19.1 Å². The van der Waals surface area contributed by atoms with Gasteiger partial charge in [-0.15, -0.1) is 0 Å². The first-order valence-electron chi connectivity index (χ1n) is 10.6. The highest BCUT2D eigenvalue weighted by molar-refractivity contribution is 6.37. The average molecular weight is 493 g/mol. The molecule has 0 spiro atoms. The van der Waals surface area contributed by atoms with E-state index in [1.165, 1.54) is 0 Å². The van der Waals surface area contributed by atoms with Gasteiger partial charge in [0.05, 0.1) is 15.7 Å². The van der Waals surface area contributed by atoms with Gasteiger partial charge in [-0.1, -0.05) is 83.9 Å². The molecule has 0 radical (unpaired) electrons. The maximum atomic E-state index is 11.0. The predicted molar refractivity (Wildman–Crippen MR) is 135 cm³/mol. The second kappa shape index (κ2) is 10.7. The van der Waals surface area contributed by atoms with Crippen molar-refractivity contribution in [1.29, 1.82) is 0 Å². The zero-order valence-electron chi connectivity index (χ0n) is 18.1. The predicted octanol–water partition coefficient (Wildman–Crippen LogP) is 6.26. The Labute approximate surface area is 207 Å². The summed E-state index contributed by atoms with van der Waals surface area (Å²) in [6.07, 6.45) is 1.85. The number of nitrogens with two attached hydrogens (primary N) is 1. The van der Waals surface area contributed by atoms with Crippen LogP contribution in [0.3, 0.4) is 0 Å². The van der Waals surface area contributed by atoms with Crippen LogP contribution in [0.25, 0.3) is 22.4 Å². The minimum Gasteiger partial charge on any atom is -0.486 e. The summed E-state index contributed by atoms with van der Waals surface area (Å²) in [5, 5.41) is 9.60. The van der Waals surface area contributed by atoms with Crippen molar-refractivity contribution in [3.05, 3.63) is 106 Å². The van der Waals surface area contributed by atoms with Crippen molar-refractivity contribution >= 4 is 29.2 Å². The fourth-order valence-electron chi connectivity index (χ4n) is 3.63. The van der Waals surface area contributed by atoms with Gasteiger partial charge in [0.2, 0.25) is 0 Å². The molecule has 1 atom stereocenters. The van der Waals surface area contributed by atoms with E-state index in [9.17, 15) is 4.79 Å². The normalized spacial score (nSPS) is 11.7. The third kappa shape index (κ3) is 5.57. The fourth-order valence-corrected chi connectivity index (χ4v) is 4.27. The summed E-state index contributed by atoms with van der Waals surface area (Å²) in [7, 11) is 0. The average Bonchev–Trinajstić information content (AvgIpc) is 2.84. The van der Waals surface area contributed by atoms with E-state index in [1.807, 2.05) is 42.5 Å². The molecule has 0 aliphatic rings. The fraction of sp³-hybridized carbons (Fsp3) is 0.111. The van der Waals surface area contributed by atoms with Crippen LogP contribution in [-0.2, 0) is 17.8 Å². The van der Waals surface area contributed by atoms with Gasteiger partial charge in [-0.25, -0.2) is 0 Å². The highest BCUT2D eigenvalue weighted by atomic mass is 35.5. The third-order valence-corrected chi connectivity index (χ3v) is 5.92. The first-order valence-corrected chi connectivity index (χ1v) is 11.4. The van der Waals surface area contributed by atoms with Crippen LogP contribution in [0.4, 0.5) is 0 Å². The number of benzene rings is 3. The number of hydrogen-bond acceptors (Lipinski definition) is 4. The van der Waals surface area contributed by atoms with Crippen LogP contribution in [0.1, 0.15) is 11.1 Å². The molecular formula is C27H22Cl2N2O3. The van der Waals surface area contributed by atoms with Gasteiger partial charge >= 0.3 is 5.97 Å². The number of halogens is 2. The monoisotopic (exact) mass is 492 g/mol. The Morgan fingerprint density at radius 1 is 0.912 bits per heavy atom. The van der Waals surface area contributed by atoms with E-state index in [2.05, 4.69) is 29.2 Å². The van der Waals surface area contributed by atoms with E-state index in [1.54, 1.807) is 18.3 Å². The first-order chi connectivity index (χ1) is 16.4. The number of aromatic nitrogens is 1. The molecular weight excluding hydrogens is 471 g/mol. The van der Waals surface area contributed by atoms with Crippen molar-refractivity contribution in [2.75, 3.05) is 0 Å². The van der Waals surface area contributed by atoms with Crippen LogP contribution < -0.4 is 10.5 Å². The maximum absolute atomic E-state index is 11.0. The molecule has 3 aromatic carbocycles. The molecule has 172 valence electrons. The largest absolute Gasteiger partial charge is 0.486 e. The van der Waals surface area contributed by atoms with Gasteiger partial charge < -0.3 is 15.6 Å². The third-order valence-electron chi connectivity index (χ3n) is 5.36. The number of carboxylic acid groups (broad SMARTS) is 1. The summed E-state index contributed by atoms with van der Waals surface area (Å²) < 4.78 is 5.96. The Morgan fingerprint density at radius 2 is 1.53 bits per heavy atom. The molecule has 34 heavy (non-hydrogen) atoms. The SMILES string of the molecule is NC(Cc1cc(Cl)c(OCc2cccnc2-c2ccc(-c3ccccc3)cc2)c(Cl)c1)C(=O)O. The van der Waals surface area contributed by atoms with Gasteiger partial charge in [0, 0.05) is 17.3 Å². The summed E-state index contributed by atoms with van der Waals surface area (Å²) in [6.45, 7) is 0.205. The van der Waals surface area contributed by atoms with Crippen molar-refractivity contribution < 1.29 is 14.6 Å². The number of nitrogens with zero attached hydrogens (tertiary/aromatic N) is 1. The Bertz CT molecular complexity index is 1270. The summed E-state index contributed by atoms with van der Waals surface area (Å²) >= 11 is 12.8. The van der Waals surface area contributed by atoms with Crippen molar-refractivity contribution in [1.82, 2.24) is 4.98 Å². The topological polar surface area (TPSA) is 85.4 Å². The molecule has 0 aliphatic carbocycles. The minimum absolute atomic E-state index is 0.112. The van der Waals surface area contributed by atoms with E-state index >= 15 is 0 Å². The first kappa shape index (κ1) is 23.8. The van der Waals surface area contributed by atoms with Gasteiger partial charge in [-0.2, -0.15) is 0 Å². The lowest BCUT2D eigenvalue weighted by atomic mass is 10.0. The lowest BCUT2D eigenvalue weighted by molar-refractivity contribution is -0.138. The van der Waals surface area contributed by atoms with Crippen molar-refractivity contribution in [2.24, 2.45) is 5.73 Å². The lowest BCUT2D eigenvalue weighted by Gasteiger charge is -2.15. The molecule has 1 heterocycles. The van der Waals surface area contributed by atoms with Crippen LogP contribution >= 0.6 is 23.2 Å². The summed E-state index contributed by atoms with van der Waals surface area (Å²) in [5.41, 5.74) is 11.2. The van der Waals surface area contributed by atoms with Crippen LogP contribution in [0.2, 0.25) is 10.0 Å². The molecule has 0 bridgehead atoms. The summed E-state index contributed by atoms with van der Waals surface area (Å²) in [6, 6.07) is 24.4. The highest BCUT2D eigenvalue weighted by Crippen LogP contribution is 2.36. The Hall–Kier alpha value is -3.38. The molecule has 0 saturated carbocycles. The molecule has 0 fully saturated rings. The van der Waals surface area contributed by atoms with Gasteiger partial charge in [0.25, 0.3) is 0 Å². The lowest BCUT2D eigenvalue weighted by Crippen LogP contribution is -2.32. The number of carboxylic acids is 1. The number of ether oxygens (including phenoxy) is 1. The van der Waals surface area contributed by atoms with E-state index in [-0.39, 0.29) is 23.1 Å². The maximum Gasteiger partial charge on any atom is 0.320 e. The zero-order valence-corrected chi connectivity index (χ0v) is 19.6. The Balaban J connectivity index is 1.53. The van der Waals surface area contributed by atoms with Crippen LogP contribution in [0.5, 0.6) is 5.75 Å². The smallest absolute Gasteiger partial charge is 0.320 e. The molecule has 7 heteroatoms. The molecule has 4 rings (SSSR count). The summed E-state index contributed by atoms with van der Waals surface area (Å²) in [5.74, 6) is -0.765. The summed E-state index contributed by atoms with van der Waals surface area (Å²) in [4.78, 5) is 15.6. The van der Waals surface area contributed by atoms with Gasteiger partial charge in [0.15, 0.2) is 5.75 Å². The Kier molecular flexibility index (Phi) is 7.48. The van der Waals surface area contributed by atoms with Crippen LogP contribution in [0, 0.1) is 0 Å². The number of pyridine rings is 1. The van der Waals surface area contributed by atoms with E-state index < -0.39 is 12.0 Å². The number of hydrogen-bond donors (Lipinski definition) is 2. The second-order valence-electron chi connectivity index (χ2n) is 7.78. The Morgan fingerprint density at radius 3 is 2.18 bits per heavy atom. The van der Waals surface area contributed by atoms with E-state index in [0.717, 1.165) is 27.9 Å². The van der Waals surface area contributed by atoms with Crippen LogP contribution in [-0.4, -0.2) is 22.1 Å². The van der Waals surface area contributed by atoms with Crippen molar-refractivity contribution in [3.8, 4) is 28.1 Å². The number of carbonyl (C=O) groups is 1. The molecule has 4 aromatic rings. The molecule has 5 nitrogen and oxygen atoms in total. The van der Waals surface area contributed by atoms with Crippen molar-refractivity contribution in [3.63, 3.8) is 0 Å². The molecule has 0 saturated heterocycles. The molecule has 0 aliphatic heterocycles. The number of aliphatic carboxylic acids is 1. The molecule has 3 N–H and O–H groups in total. The zero-order chi connectivity index (χ0) is 24.1. The van der Waals surface area contributed by atoms with Crippen LogP contribution in [0.15, 0.2) is 85.1 Å². The second-order valence-corrected chi connectivity index (χ2v) is 8.60. The van der Waals surface area contributed by atoms with E-state index in [0.29, 0.717) is 11.3 Å². The highest BCUT2D eigenvalue weighted by Gasteiger charge is 2.16. The quantitative estimate of drug-likeness (QED) is 0.303. The standard InChI is InChI=1S/C27H22Cl2N2O3/c28-22-13-17(15-24(30)27(32)33)14-23(29)26(22)34-16-21-7-4-12-31-25(21)20-10-8-19(9-11-20)18-5-2-1-3-6-18/h1-14,24H,15-16,30H2,(H,32,33). The van der Waals surface area contributed by atoms with Gasteiger partial charge in [-0.3, -0.25) is 9.78 Å². The molecule has 1 unspecified atom stereocenters. The van der Waals surface area contributed by atoms with Gasteiger partial charge in [-0.05, 0) is 41.3 Å².